The minimum absolute atomic E-state index is 0.123. The number of allylic oxidation sites excluding steroid dienone is 1. The van der Waals surface area contributed by atoms with Crippen LogP contribution in [0.4, 0.5) is 0 Å². The first-order valence-corrected chi connectivity index (χ1v) is 7.08. The Kier molecular flexibility index (Phi) is 8.54. The second-order valence-electron chi connectivity index (χ2n) is 3.14. The number of unbranched alkanes of at least 4 members (excludes halogenated alkanes) is 1. The molecule has 0 amide bonds. The van der Waals surface area contributed by atoms with Crippen molar-refractivity contribution >= 4 is 7.60 Å². The predicted octanol–water partition coefficient (Wildman–Crippen LogP) is 3.08. The molecular formula is C11H21O4P. The van der Waals surface area contributed by atoms with Gasteiger partial charge in [0, 0.05) is 6.61 Å². The summed E-state index contributed by atoms with van der Waals surface area (Å²) in [5.74, 6) is 0. The quantitative estimate of drug-likeness (QED) is 0.387. The second-order valence-corrected chi connectivity index (χ2v) is 5.19. The summed E-state index contributed by atoms with van der Waals surface area (Å²) in [6, 6.07) is 0. The van der Waals surface area contributed by atoms with E-state index in [4.69, 9.17) is 14.2 Å². The van der Waals surface area contributed by atoms with Gasteiger partial charge in [-0.1, -0.05) is 6.58 Å². The Balaban J connectivity index is 4.60. The van der Waals surface area contributed by atoms with Crippen LogP contribution in [0.25, 0.3) is 0 Å². The van der Waals surface area contributed by atoms with Crippen LogP contribution in [-0.4, -0.2) is 24.9 Å². The summed E-state index contributed by atoms with van der Waals surface area (Å²) in [4.78, 5) is 0. The lowest BCUT2D eigenvalue weighted by molar-refractivity contribution is 0.225. The van der Waals surface area contributed by atoms with Gasteiger partial charge in [-0.2, -0.15) is 0 Å². The van der Waals surface area contributed by atoms with Gasteiger partial charge in [-0.05, 0) is 33.1 Å². The number of rotatable bonds is 9. The van der Waals surface area contributed by atoms with E-state index in [1.165, 1.54) is 0 Å². The van der Waals surface area contributed by atoms with Crippen LogP contribution in [0.5, 0.6) is 0 Å². The monoisotopic (exact) mass is 248 g/mol. The van der Waals surface area contributed by atoms with E-state index < -0.39 is 7.60 Å². The van der Waals surface area contributed by atoms with E-state index in [1.807, 2.05) is 0 Å². The van der Waals surface area contributed by atoms with Gasteiger partial charge in [0.25, 0.3) is 0 Å². The van der Waals surface area contributed by atoms with Crippen molar-refractivity contribution < 1.29 is 18.7 Å². The zero-order valence-electron chi connectivity index (χ0n) is 10.1. The first-order valence-electron chi connectivity index (χ1n) is 5.54. The van der Waals surface area contributed by atoms with Crippen LogP contribution in [0.15, 0.2) is 17.6 Å². The van der Waals surface area contributed by atoms with E-state index in [-0.39, 0.29) is 6.61 Å². The molecule has 5 heteroatoms. The molecule has 0 spiro atoms. The number of aliphatic hydroxyl groups excluding tert-OH is 1. The van der Waals surface area contributed by atoms with Crippen molar-refractivity contribution in [1.29, 1.82) is 0 Å². The van der Waals surface area contributed by atoms with Crippen molar-refractivity contribution in [3.8, 4) is 0 Å². The zero-order valence-corrected chi connectivity index (χ0v) is 11.0. The Morgan fingerprint density at radius 2 is 1.88 bits per heavy atom. The van der Waals surface area contributed by atoms with Gasteiger partial charge in [-0.3, -0.25) is 4.57 Å². The van der Waals surface area contributed by atoms with Crippen LogP contribution in [0.3, 0.4) is 0 Å². The van der Waals surface area contributed by atoms with Crippen LogP contribution >= 0.6 is 7.60 Å². The lowest BCUT2D eigenvalue weighted by Gasteiger charge is -2.18. The van der Waals surface area contributed by atoms with Gasteiger partial charge in [0.2, 0.25) is 0 Å². The highest BCUT2D eigenvalue weighted by Gasteiger charge is 2.28. The molecule has 0 aromatic rings. The van der Waals surface area contributed by atoms with Crippen LogP contribution < -0.4 is 0 Å². The van der Waals surface area contributed by atoms with Gasteiger partial charge in [0.1, 0.15) is 0 Å². The fourth-order valence-electron chi connectivity index (χ4n) is 1.26. The summed E-state index contributed by atoms with van der Waals surface area (Å²) in [7, 11) is -3.21. The molecule has 0 aromatic heterocycles. The third kappa shape index (κ3) is 5.11. The van der Waals surface area contributed by atoms with Crippen LogP contribution in [0, 0.1) is 0 Å². The molecule has 0 aliphatic heterocycles. The molecule has 0 rings (SSSR count). The van der Waals surface area contributed by atoms with Crippen LogP contribution in [0.2, 0.25) is 0 Å². The second kappa shape index (κ2) is 8.74. The highest BCUT2D eigenvalue weighted by Crippen LogP contribution is 2.57. The van der Waals surface area contributed by atoms with Gasteiger partial charge >= 0.3 is 7.60 Å². The van der Waals surface area contributed by atoms with Crippen molar-refractivity contribution in [3.05, 3.63) is 17.6 Å². The van der Waals surface area contributed by atoms with E-state index in [0.29, 0.717) is 31.4 Å². The fraction of sp³-hybridized carbons (Fsp3) is 0.727. The average molecular weight is 248 g/mol. The topological polar surface area (TPSA) is 55.8 Å². The standard InChI is InChI=1S/C11H21O4P/c1-4-11(9-7-8-10-12)16(13,14-5-2)15-6-3/h12H,1,5-10H2,2-3H3. The molecule has 0 saturated carbocycles. The fourth-order valence-corrected chi connectivity index (χ4v) is 2.95. The van der Waals surface area contributed by atoms with Gasteiger partial charge in [0.05, 0.1) is 18.5 Å². The third-order valence-corrected chi connectivity index (χ3v) is 4.19. The number of hydrogen-bond acceptors (Lipinski definition) is 4. The van der Waals surface area contributed by atoms with E-state index in [0.717, 1.165) is 6.42 Å². The molecule has 16 heavy (non-hydrogen) atoms. The summed E-state index contributed by atoms with van der Waals surface area (Å²) in [6.07, 6.45) is 1.91. The predicted molar refractivity (Wildman–Crippen MR) is 64.4 cm³/mol. The maximum atomic E-state index is 12.3. The molecule has 94 valence electrons. The molecule has 1 N–H and O–H groups in total. The lowest BCUT2D eigenvalue weighted by Crippen LogP contribution is -1.99. The van der Waals surface area contributed by atoms with E-state index in [2.05, 4.69) is 12.3 Å². The van der Waals surface area contributed by atoms with Crippen LogP contribution in [0.1, 0.15) is 33.1 Å². The lowest BCUT2D eigenvalue weighted by atomic mass is 10.2. The van der Waals surface area contributed by atoms with E-state index in [1.54, 1.807) is 13.8 Å². The van der Waals surface area contributed by atoms with Gasteiger partial charge < -0.3 is 14.2 Å². The molecule has 0 aromatic carbocycles. The molecule has 0 heterocycles. The maximum absolute atomic E-state index is 12.3. The first-order chi connectivity index (χ1) is 7.64. The molecule has 0 bridgehead atoms. The SMILES string of the molecule is C=C=C(CCCCO)P(=O)(OCC)OCC. The molecule has 0 saturated heterocycles. The Morgan fingerprint density at radius 3 is 2.25 bits per heavy atom. The third-order valence-electron chi connectivity index (χ3n) is 1.95. The maximum Gasteiger partial charge on any atom is 0.364 e. The summed E-state index contributed by atoms with van der Waals surface area (Å²) < 4.78 is 22.7. The highest BCUT2D eigenvalue weighted by molar-refractivity contribution is 7.58. The Hall–Kier alpha value is -0.370. The summed E-state index contributed by atoms with van der Waals surface area (Å²) >= 11 is 0. The molecule has 0 radical (unpaired) electrons. The molecule has 4 nitrogen and oxygen atoms in total. The molecular weight excluding hydrogens is 227 g/mol. The number of aliphatic hydroxyl groups is 1. The molecule has 0 aliphatic rings. The Morgan fingerprint density at radius 1 is 1.31 bits per heavy atom. The summed E-state index contributed by atoms with van der Waals surface area (Å²) in [5, 5.41) is 9.16. The van der Waals surface area contributed by atoms with E-state index >= 15 is 0 Å². The molecule has 0 atom stereocenters. The van der Waals surface area contributed by atoms with Crippen LogP contribution in [-0.2, 0) is 13.6 Å². The van der Waals surface area contributed by atoms with Crippen molar-refractivity contribution in [1.82, 2.24) is 0 Å². The largest absolute Gasteiger partial charge is 0.396 e. The van der Waals surface area contributed by atoms with Crippen molar-refractivity contribution in [2.75, 3.05) is 19.8 Å². The molecule has 0 fully saturated rings. The first kappa shape index (κ1) is 15.6. The van der Waals surface area contributed by atoms with Crippen molar-refractivity contribution in [2.24, 2.45) is 0 Å². The molecule has 0 aliphatic carbocycles. The smallest absolute Gasteiger partial charge is 0.364 e. The Bertz CT molecular complexity index is 272. The van der Waals surface area contributed by atoms with E-state index in [9.17, 15) is 4.57 Å². The highest BCUT2D eigenvalue weighted by atomic mass is 31.2. The Labute approximate surface area is 97.5 Å². The zero-order chi connectivity index (χ0) is 12.4. The summed E-state index contributed by atoms with van der Waals surface area (Å²) in [6.45, 7) is 7.81. The van der Waals surface area contributed by atoms with Gasteiger partial charge in [-0.25, -0.2) is 0 Å². The minimum atomic E-state index is -3.21. The van der Waals surface area contributed by atoms with Gasteiger partial charge in [-0.15, -0.1) is 5.73 Å². The minimum Gasteiger partial charge on any atom is -0.396 e. The normalized spacial score (nSPS) is 11.2. The summed E-state index contributed by atoms with van der Waals surface area (Å²) in [5.41, 5.74) is 2.64. The van der Waals surface area contributed by atoms with Crippen molar-refractivity contribution in [2.45, 2.75) is 33.1 Å². The van der Waals surface area contributed by atoms with Gasteiger partial charge in [0.15, 0.2) is 0 Å². The number of hydrogen-bond donors (Lipinski definition) is 1. The molecule has 0 unspecified atom stereocenters. The average Bonchev–Trinajstić information content (AvgIpc) is 2.25. The van der Waals surface area contributed by atoms with Crippen molar-refractivity contribution in [3.63, 3.8) is 0 Å².